The summed E-state index contributed by atoms with van der Waals surface area (Å²) in [4.78, 5) is 24.0. The first kappa shape index (κ1) is 11.1. The number of aldehydes is 1. The third-order valence-corrected chi connectivity index (χ3v) is 3.23. The number of halogens is 1. The number of anilines is 1. The molecule has 1 aliphatic heterocycles. The number of carbonyl (C=O) groups excluding carboxylic acids is 2. The van der Waals surface area contributed by atoms with Crippen molar-refractivity contribution in [3.63, 3.8) is 0 Å². The minimum absolute atomic E-state index is 0.0208. The van der Waals surface area contributed by atoms with Crippen molar-refractivity contribution in [2.24, 2.45) is 0 Å². The Morgan fingerprint density at radius 2 is 2.19 bits per heavy atom. The molecule has 0 radical (unpaired) electrons. The maximum Gasteiger partial charge on any atom is 0.149 e. The van der Waals surface area contributed by atoms with E-state index in [1.54, 1.807) is 4.90 Å². The van der Waals surface area contributed by atoms with Crippen LogP contribution in [0.5, 0.6) is 0 Å². The summed E-state index contributed by atoms with van der Waals surface area (Å²) in [6, 6.07) is 7.10. The highest BCUT2D eigenvalue weighted by Gasteiger charge is 2.37. The van der Waals surface area contributed by atoms with Gasteiger partial charge in [-0.25, -0.2) is 0 Å². The molecule has 1 aromatic rings. The number of ketones is 1. The van der Waals surface area contributed by atoms with Crippen LogP contribution in [0.25, 0.3) is 0 Å². The van der Waals surface area contributed by atoms with Crippen molar-refractivity contribution in [2.75, 3.05) is 11.4 Å². The normalized spacial score (nSPS) is 23.0. The number of rotatable bonds is 3. The molecule has 0 saturated heterocycles. The molecule has 0 fully saturated rings. The smallest absolute Gasteiger partial charge is 0.149 e. The molecule has 1 heterocycles. The lowest BCUT2D eigenvalue weighted by Crippen LogP contribution is -2.37. The van der Waals surface area contributed by atoms with E-state index in [1.807, 2.05) is 24.3 Å². The van der Waals surface area contributed by atoms with E-state index < -0.39 is 6.04 Å². The van der Waals surface area contributed by atoms with Gasteiger partial charge in [-0.3, -0.25) is 4.79 Å². The fourth-order valence-corrected chi connectivity index (χ4v) is 2.44. The van der Waals surface area contributed by atoms with Crippen molar-refractivity contribution in [3.05, 3.63) is 29.8 Å². The molecule has 16 heavy (non-hydrogen) atoms. The maximum atomic E-state index is 11.2. The van der Waals surface area contributed by atoms with Crippen molar-refractivity contribution in [1.82, 2.24) is 0 Å². The van der Waals surface area contributed by atoms with Crippen LogP contribution < -0.4 is 4.90 Å². The van der Waals surface area contributed by atoms with E-state index in [0.717, 1.165) is 17.5 Å². The second-order valence-electron chi connectivity index (χ2n) is 3.92. The molecule has 0 amide bonds. The molecule has 0 spiro atoms. The fourth-order valence-electron chi connectivity index (χ4n) is 2.06. The molecule has 2 rings (SSSR count). The third-order valence-electron chi connectivity index (χ3n) is 2.74. The Balaban J connectivity index is 2.42. The standard InChI is InChI=1S/C12H12ClNO2/c1-8(16)6-14-10-5-3-2-4-9(10)12(13)11(14)7-15/h2-5,7,11-12H,6H2,1H3. The zero-order valence-corrected chi connectivity index (χ0v) is 9.65. The fraction of sp³-hybridized carbons (Fsp3) is 0.333. The highest BCUT2D eigenvalue weighted by molar-refractivity contribution is 6.24. The van der Waals surface area contributed by atoms with Crippen LogP contribution in [0, 0.1) is 0 Å². The van der Waals surface area contributed by atoms with Crippen LogP contribution in [0.3, 0.4) is 0 Å². The summed E-state index contributed by atoms with van der Waals surface area (Å²) in [7, 11) is 0. The highest BCUT2D eigenvalue weighted by Crippen LogP contribution is 2.42. The van der Waals surface area contributed by atoms with E-state index in [2.05, 4.69) is 0 Å². The summed E-state index contributed by atoms with van der Waals surface area (Å²) >= 11 is 6.20. The van der Waals surface area contributed by atoms with Crippen LogP contribution in [0.15, 0.2) is 24.3 Å². The Bertz CT molecular complexity index is 433. The monoisotopic (exact) mass is 237 g/mol. The molecule has 0 N–H and O–H groups in total. The minimum Gasteiger partial charge on any atom is -0.352 e. The highest BCUT2D eigenvalue weighted by atomic mass is 35.5. The summed E-state index contributed by atoms with van der Waals surface area (Å²) in [5.74, 6) is 0.0208. The third kappa shape index (κ3) is 1.71. The number of Topliss-reactive ketones (excluding diaryl/α,β-unsaturated/α-hetero) is 1. The number of alkyl halides is 1. The van der Waals surface area contributed by atoms with Crippen LogP contribution in [0.1, 0.15) is 17.9 Å². The Hall–Kier alpha value is -1.35. The number of carbonyl (C=O) groups is 2. The number of para-hydroxylation sites is 1. The predicted octanol–water partition coefficient (Wildman–Crippen LogP) is 1.94. The van der Waals surface area contributed by atoms with E-state index in [0.29, 0.717) is 0 Å². The number of benzene rings is 1. The molecule has 0 saturated carbocycles. The molecule has 4 heteroatoms. The van der Waals surface area contributed by atoms with Crippen molar-refractivity contribution in [2.45, 2.75) is 18.3 Å². The predicted molar refractivity (Wildman–Crippen MR) is 62.9 cm³/mol. The van der Waals surface area contributed by atoms with Crippen molar-refractivity contribution in [3.8, 4) is 0 Å². The lowest BCUT2D eigenvalue weighted by Gasteiger charge is -2.23. The van der Waals surface area contributed by atoms with E-state index >= 15 is 0 Å². The topological polar surface area (TPSA) is 37.4 Å². The zero-order chi connectivity index (χ0) is 11.7. The molecular formula is C12H12ClNO2. The molecule has 1 aromatic carbocycles. The van der Waals surface area contributed by atoms with Crippen LogP contribution in [-0.4, -0.2) is 24.7 Å². The van der Waals surface area contributed by atoms with Gasteiger partial charge in [-0.2, -0.15) is 0 Å². The molecule has 3 nitrogen and oxygen atoms in total. The molecule has 0 bridgehead atoms. The Kier molecular flexibility index (Phi) is 2.97. The zero-order valence-electron chi connectivity index (χ0n) is 8.89. The van der Waals surface area contributed by atoms with Gasteiger partial charge in [0.2, 0.25) is 0 Å². The van der Waals surface area contributed by atoms with Crippen LogP contribution >= 0.6 is 11.6 Å². The van der Waals surface area contributed by atoms with E-state index in [-0.39, 0.29) is 17.7 Å². The van der Waals surface area contributed by atoms with Gasteiger partial charge >= 0.3 is 0 Å². The van der Waals surface area contributed by atoms with E-state index in [4.69, 9.17) is 11.6 Å². The first-order chi connectivity index (χ1) is 7.65. The van der Waals surface area contributed by atoms with E-state index in [1.165, 1.54) is 6.92 Å². The van der Waals surface area contributed by atoms with Gasteiger partial charge in [-0.05, 0) is 18.6 Å². The van der Waals surface area contributed by atoms with E-state index in [9.17, 15) is 9.59 Å². The number of nitrogens with zero attached hydrogens (tertiary/aromatic N) is 1. The molecule has 2 atom stereocenters. The first-order valence-corrected chi connectivity index (χ1v) is 5.53. The average Bonchev–Trinajstić information content (AvgIpc) is 2.52. The lowest BCUT2D eigenvalue weighted by molar-refractivity contribution is -0.115. The molecule has 1 aliphatic rings. The summed E-state index contributed by atoms with van der Waals surface area (Å²) < 4.78 is 0. The average molecular weight is 238 g/mol. The number of hydrogen-bond acceptors (Lipinski definition) is 3. The molecular weight excluding hydrogens is 226 g/mol. The van der Waals surface area contributed by atoms with Crippen molar-refractivity contribution in [1.29, 1.82) is 0 Å². The second-order valence-corrected chi connectivity index (χ2v) is 4.39. The SMILES string of the molecule is CC(=O)CN1c2ccccc2C(Cl)C1C=O. The molecule has 0 aromatic heterocycles. The Morgan fingerprint density at radius 1 is 1.50 bits per heavy atom. The molecule has 0 aliphatic carbocycles. The van der Waals surface area contributed by atoms with Crippen molar-refractivity contribution >= 4 is 29.4 Å². The summed E-state index contributed by atoms with van der Waals surface area (Å²) in [6.45, 7) is 1.73. The first-order valence-electron chi connectivity index (χ1n) is 5.09. The van der Waals surface area contributed by atoms with Gasteiger partial charge in [-0.15, -0.1) is 11.6 Å². The number of fused-ring (bicyclic) bond motifs is 1. The summed E-state index contributed by atoms with van der Waals surface area (Å²) in [5.41, 5.74) is 1.80. The van der Waals surface area contributed by atoms with Crippen LogP contribution in [-0.2, 0) is 9.59 Å². The Labute approximate surface area is 99.0 Å². The van der Waals surface area contributed by atoms with Gasteiger partial charge in [0.05, 0.1) is 11.9 Å². The van der Waals surface area contributed by atoms with Gasteiger partial charge < -0.3 is 9.69 Å². The molecule has 2 unspecified atom stereocenters. The van der Waals surface area contributed by atoms with Gasteiger partial charge in [0, 0.05) is 5.69 Å². The van der Waals surface area contributed by atoms with Crippen LogP contribution in [0.4, 0.5) is 5.69 Å². The molecule has 84 valence electrons. The minimum atomic E-state index is -0.442. The summed E-state index contributed by atoms with van der Waals surface area (Å²) in [5, 5.41) is -0.368. The maximum absolute atomic E-state index is 11.2. The van der Waals surface area contributed by atoms with Gasteiger partial charge in [-0.1, -0.05) is 18.2 Å². The lowest BCUT2D eigenvalue weighted by atomic mass is 10.1. The van der Waals surface area contributed by atoms with Crippen molar-refractivity contribution < 1.29 is 9.59 Å². The van der Waals surface area contributed by atoms with Gasteiger partial charge in [0.15, 0.2) is 0 Å². The largest absolute Gasteiger partial charge is 0.352 e. The summed E-state index contributed by atoms with van der Waals surface area (Å²) in [6.07, 6.45) is 0.806. The van der Waals surface area contributed by atoms with Crippen LogP contribution in [0.2, 0.25) is 0 Å². The number of hydrogen-bond donors (Lipinski definition) is 0. The Morgan fingerprint density at radius 3 is 2.81 bits per heavy atom. The second kappa shape index (κ2) is 4.26. The van der Waals surface area contributed by atoms with Gasteiger partial charge in [0.1, 0.15) is 18.1 Å². The van der Waals surface area contributed by atoms with Gasteiger partial charge in [0.25, 0.3) is 0 Å². The quantitative estimate of drug-likeness (QED) is 0.596.